The summed E-state index contributed by atoms with van der Waals surface area (Å²) in [4.78, 5) is 18.3. The van der Waals surface area contributed by atoms with Gasteiger partial charge in [-0.2, -0.15) is 5.10 Å². The Bertz CT molecular complexity index is 850. The Hall–Kier alpha value is -3.03. The lowest BCUT2D eigenvalue weighted by Gasteiger charge is -2.15. The number of aryl methyl sites for hydroxylation is 2. The molecule has 0 bridgehead atoms. The van der Waals surface area contributed by atoms with E-state index in [1.165, 1.54) is 4.90 Å². The van der Waals surface area contributed by atoms with E-state index in [0.29, 0.717) is 17.3 Å². The number of hydrogen-bond acceptors (Lipinski definition) is 5. The Morgan fingerprint density at radius 2 is 2.04 bits per heavy atom. The van der Waals surface area contributed by atoms with Crippen LogP contribution in [0.5, 0.6) is 0 Å². The molecule has 0 N–H and O–H groups in total. The van der Waals surface area contributed by atoms with Gasteiger partial charge in [-0.1, -0.05) is 0 Å². The molecule has 3 aromatic heterocycles. The van der Waals surface area contributed by atoms with E-state index in [1.54, 1.807) is 41.8 Å². The highest BCUT2D eigenvalue weighted by molar-refractivity contribution is 6.04. The summed E-state index contributed by atoms with van der Waals surface area (Å²) in [6, 6.07) is 5.48. The first kappa shape index (κ1) is 14.9. The minimum Gasteiger partial charge on any atom is -0.300 e. The monoisotopic (exact) mass is 311 g/mol. The zero-order valence-corrected chi connectivity index (χ0v) is 13.4. The summed E-state index contributed by atoms with van der Waals surface area (Å²) in [5, 5.41) is 12.4. The Morgan fingerprint density at radius 1 is 1.26 bits per heavy atom. The molecular formula is C15H17N7O. The highest BCUT2D eigenvalue weighted by Gasteiger charge is 2.22. The normalized spacial score (nSPS) is 10.8. The van der Waals surface area contributed by atoms with Crippen molar-refractivity contribution in [3.63, 3.8) is 0 Å². The maximum absolute atomic E-state index is 12.7. The molecule has 0 aromatic carbocycles. The first-order valence-electron chi connectivity index (χ1n) is 7.07. The summed E-state index contributed by atoms with van der Waals surface area (Å²) in [5.74, 6) is 1.02. The zero-order valence-electron chi connectivity index (χ0n) is 13.4. The van der Waals surface area contributed by atoms with Crippen LogP contribution < -0.4 is 4.90 Å². The Kier molecular flexibility index (Phi) is 3.65. The van der Waals surface area contributed by atoms with E-state index in [4.69, 9.17) is 0 Å². The highest BCUT2D eigenvalue weighted by Crippen LogP contribution is 2.19. The van der Waals surface area contributed by atoms with Crippen molar-refractivity contribution in [2.75, 3.05) is 11.9 Å². The first-order valence-corrected chi connectivity index (χ1v) is 7.07. The molecule has 0 saturated heterocycles. The van der Waals surface area contributed by atoms with Gasteiger partial charge >= 0.3 is 0 Å². The summed E-state index contributed by atoms with van der Waals surface area (Å²) in [5.41, 5.74) is 2.03. The summed E-state index contributed by atoms with van der Waals surface area (Å²) < 4.78 is 3.32. The Morgan fingerprint density at radius 3 is 2.65 bits per heavy atom. The molecule has 23 heavy (non-hydrogen) atoms. The van der Waals surface area contributed by atoms with Crippen LogP contribution in [0.15, 0.2) is 30.6 Å². The van der Waals surface area contributed by atoms with Crippen molar-refractivity contribution in [3.05, 3.63) is 42.1 Å². The van der Waals surface area contributed by atoms with Crippen LogP contribution in [0.25, 0.3) is 11.3 Å². The van der Waals surface area contributed by atoms with Crippen LogP contribution in [-0.4, -0.2) is 42.5 Å². The molecule has 1 amide bonds. The van der Waals surface area contributed by atoms with Gasteiger partial charge in [0.2, 0.25) is 5.95 Å². The quantitative estimate of drug-likeness (QED) is 0.726. The molecule has 3 rings (SSSR count). The SMILES string of the molecule is Cc1nnc(N(C)C(=O)c2cc(-c3cccnc3)nn2C)n1C. The maximum Gasteiger partial charge on any atom is 0.278 e. The van der Waals surface area contributed by atoms with Crippen LogP contribution in [0.2, 0.25) is 0 Å². The number of carbonyl (C=O) groups excluding carboxylic acids is 1. The third-order valence-corrected chi connectivity index (χ3v) is 3.73. The number of hydrogen-bond donors (Lipinski definition) is 0. The van der Waals surface area contributed by atoms with Crippen LogP contribution in [-0.2, 0) is 14.1 Å². The minimum atomic E-state index is -0.203. The molecule has 0 spiro atoms. The average molecular weight is 311 g/mol. The van der Waals surface area contributed by atoms with Gasteiger partial charge < -0.3 is 4.57 Å². The zero-order chi connectivity index (χ0) is 16.6. The Balaban J connectivity index is 1.94. The van der Waals surface area contributed by atoms with Crippen molar-refractivity contribution in [3.8, 4) is 11.3 Å². The molecule has 3 heterocycles. The van der Waals surface area contributed by atoms with Crippen molar-refractivity contribution in [1.82, 2.24) is 29.5 Å². The smallest absolute Gasteiger partial charge is 0.278 e. The predicted octanol–water partition coefficient (Wildman–Crippen LogP) is 1.20. The van der Waals surface area contributed by atoms with Gasteiger partial charge in [-0.3, -0.25) is 19.4 Å². The third-order valence-electron chi connectivity index (χ3n) is 3.73. The minimum absolute atomic E-state index is 0.203. The highest BCUT2D eigenvalue weighted by atomic mass is 16.2. The van der Waals surface area contributed by atoms with Crippen LogP contribution in [0.1, 0.15) is 16.3 Å². The molecule has 0 radical (unpaired) electrons. The second kappa shape index (κ2) is 5.64. The Labute approximate surface area is 133 Å². The number of pyridine rings is 1. The second-order valence-corrected chi connectivity index (χ2v) is 5.25. The number of aromatic nitrogens is 6. The lowest BCUT2D eigenvalue weighted by atomic mass is 10.2. The summed E-state index contributed by atoms with van der Waals surface area (Å²) in [6.45, 7) is 1.83. The fraction of sp³-hybridized carbons (Fsp3) is 0.267. The average Bonchev–Trinajstić information content (AvgIpc) is 3.11. The van der Waals surface area contributed by atoms with Crippen molar-refractivity contribution in [1.29, 1.82) is 0 Å². The van der Waals surface area contributed by atoms with E-state index in [1.807, 2.05) is 26.1 Å². The van der Waals surface area contributed by atoms with Gasteiger partial charge in [0, 0.05) is 39.1 Å². The number of nitrogens with zero attached hydrogens (tertiary/aromatic N) is 7. The van der Waals surface area contributed by atoms with Crippen molar-refractivity contribution < 1.29 is 4.79 Å². The van der Waals surface area contributed by atoms with Gasteiger partial charge in [-0.25, -0.2) is 0 Å². The van der Waals surface area contributed by atoms with E-state index in [2.05, 4.69) is 20.3 Å². The molecule has 0 fully saturated rings. The fourth-order valence-corrected chi connectivity index (χ4v) is 2.27. The third kappa shape index (κ3) is 2.59. The van der Waals surface area contributed by atoms with Crippen molar-refractivity contribution >= 4 is 11.9 Å². The van der Waals surface area contributed by atoms with E-state index in [9.17, 15) is 4.79 Å². The topological polar surface area (TPSA) is 81.7 Å². The van der Waals surface area contributed by atoms with E-state index >= 15 is 0 Å². The van der Waals surface area contributed by atoms with Crippen molar-refractivity contribution in [2.24, 2.45) is 14.1 Å². The molecule has 0 unspecified atom stereocenters. The van der Waals surface area contributed by atoms with Crippen LogP contribution >= 0.6 is 0 Å². The molecule has 118 valence electrons. The fourth-order valence-electron chi connectivity index (χ4n) is 2.27. The standard InChI is InChI=1S/C15H17N7O/c1-10-17-18-15(20(10)2)21(3)14(23)13-8-12(19-22(13)4)11-6-5-7-16-9-11/h5-9H,1-4H3. The molecule has 8 heteroatoms. The molecular weight excluding hydrogens is 294 g/mol. The summed E-state index contributed by atoms with van der Waals surface area (Å²) in [6.07, 6.45) is 3.41. The van der Waals surface area contributed by atoms with Crippen molar-refractivity contribution in [2.45, 2.75) is 6.92 Å². The second-order valence-electron chi connectivity index (χ2n) is 5.25. The largest absolute Gasteiger partial charge is 0.300 e. The van der Waals surface area contributed by atoms with Gasteiger partial charge in [0.25, 0.3) is 5.91 Å². The molecule has 0 saturated carbocycles. The maximum atomic E-state index is 12.7. The van der Waals surface area contributed by atoms with Gasteiger partial charge in [0.05, 0.1) is 5.69 Å². The number of carbonyl (C=O) groups is 1. The van der Waals surface area contributed by atoms with Gasteiger partial charge in [0.1, 0.15) is 11.5 Å². The summed E-state index contributed by atoms with van der Waals surface area (Å²) in [7, 11) is 5.23. The number of anilines is 1. The predicted molar refractivity (Wildman–Crippen MR) is 84.9 cm³/mol. The van der Waals surface area contributed by atoms with Gasteiger partial charge in [0.15, 0.2) is 0 Å². The van der Waals surface area contributed by atoms with Gasteiger partial charge in [-0.15, -0.1) is 10.2 Å². The molecule has 0 aliphatic heterocycles. The van der Waals surface area contributed by atoms with E-state index < -0.39 is 0 Å². The molecule has 0 atom stereocenters. The van der Waals surface area contributed by atoms with E-state index in [0.717, 1.165) is 11.4 Å². The molecule has 0 aliphatic rings. The lowest BCUT2D eigenvalue weighted by Crippen LogP contribution is -2.30. The van der Waals surface area contributed by atoms with Crippen LogP contribution in [0.4, 0.5) is 5.95 Å². The summed E-state index contributed by atoms with van der Waals surface area (Å²) >= 11 is 0. The number of amides is 1. The van der Waals surface area contributed by atoms with Crippen LogP contribution in [0.3, 0.4) is 0 Å². The molecule has 8 nitrogen and oxygen atoms in total. The molecule has 0 aliphatic carbocycles. The number of rotatable bonds is 3. The van der Waals surface area contributed by atoms with Crippen LogP contribution in [0, 0.1) is 6.92 Å². The first-order chi connectivity index (χ1) is 11.0. The van der Waals surface area contributed by atoms with Gasteiger partial charge in [-0.05, 0) is 25.1 Å². The molecule has 3 aromatic rings. The lowest BCUT2D eigenvalue weighted by molar-refractivity contribution is 0.0982. The van der Waals surface area contributed by atoms with E-state index in [-0.39, 0.29) is 5.91 Å².